The van der Waals surface area contributed by atoms with Gasteiger partial charge in [-0.2, -0.15) is 4.98 Å². The van der Waals surface area contributed by atoms with Crippen LogP contribution in [0.25, 0.3) is 11.4 Å². The highest BCUT2D eigenvalue weighted by atomic mass is 16.5. The molecule has 0 fully saturated rings. The van der Waals surface area contributed by atoms with Crippen LogP contribution in [-0.4, -0.2) is 22.7 Å². The van der Waals surface area contributed by atoms with E-state index in [4.69, 9.17) is 4.52 Å². The molecular weight excluding hydrogens is 304 g/mol. The van der Waals surface area contributed by atoms with E-state index in [9.17, 15) is 4.79 Å². The molecule has 0 aliphatic carbocycles. The minimum Gasteiger partial charge on any atom is -0.338 e. The van der Waals surface area contributed by atoms with Gasteiger partial charge >= 0.3 is 6.03 Å². The van der Waals surface area contributed by atoms with Crippen molar-refractivity contribution in [2.75, 3.05) is 11.9 Å². The van der Waals surface area contributed by atoms with Gasteiger partial charge in [0.05, 0.1) is 0 Å². The lowest BCUT2D eigenvalue weighted by Gasteiger charge is -2.10. The fraction of sp³-hybridized carbons (Fsp3) is 0.500. The SMILES string of the molecule is CC(C)CCNC(=O)Nc1ccc(-c2noc(C(C)(C)C)n2)cc1. The van der Waals surface area contributed by atoms with E-state index in [1.165, 1.54) is 0 Å². The number of hydrogen-bond donors (Lipinski definition) is 2. The molecule has 2 rings (SSSR count). The maximum atomic E-state index is 11.8. The van der Waals surface area contributed by atoms with Crippen LogP contribution in [0, 0.1) is 5.92 Å². The predicted molar refractivity (Wildman–Crippen MR) is 94.9 cm³/mol. The molecule has 130 valence electrons. The van der Waals surface area contributed by atoms with Crippen molar-refractivity contribution in [3.63, 3.8) is 0 Å². The van der Waals surface area contributed by atoms with E-state index >= 15 is 0 Å². The largest absolute Gasteiger partial charge is 0.338 e. The number of aromatic nitrogens is 2. The number of nitrogens with one attached hydrogen (secondary N) is 2. The zero-order valence-corrected chi connectivity index (χ0v) is 15.0. The first-order chi connectivity index (χ1) is 11.3. The number of benzene rings is 1. The van der Waals surface area contributed by atoms with Gasteiger partial charge in [-0.1, -0.05) is 39.8 Å². The van der Waals surface area contributed by atoms with Gasteiger partial charge < -0.3 is 15.2 Å². The normalized spacial score (nSPS) is 11.6. The second kappa shape index (κ2) is 7.47. The van der Waals surface area contributed by atoms with Gasteiger partial charge in [-0.15, -0.1) is 0 Å². The number of carbonyl (C=O) groups is 1. The monoisotopic (exact) mass is 330 g/mol. The Morgan fingerprint density at radius 3 is 2.42 bits per heavy atom. The Bertz CT molecular complexity index is 669. The molecule has 2 N–H and O–H groups in total. The van der Waals surface area contributed by atoms with Crippen molar-refractivity contribution in [3.8, 4) is 11.4 Å². The predicted octanol–water partition coefficient (Wildman–Crippen LogP) is 4.20. The molecule has 1 heterocycles. The number of urea groups is 1. The Morgan fingerprint density at radius 2 is 1.88 bits per heavy atom. The molecule has 0 spiro atoms. The Morgan fingerprint density at radius 1 is 1.21 bits per heavy atom. The summed E-state index contributed by atoms with van der Waals surface area (Å²) < 4.78 is 5.30. The first-order valence-corrected chi connectivity index (χ1v) is 8.25. The third-order valence-corrected chi connectivity index (χ3v) is 3.48. The molecule has 0 bridgehead atoms. The highest BCUT2D eigenvalue weighted by molar-refractivity contribution is 5.89. The molecule has 6 heteroatoms. The van der Waals surface area contributed by atoms with Crippen molar-refractivity contribution in [1.29, 1.82) is 0 Å². The molecule has 1 aromatic carbocycles. The standard InChI is InChI=1S/C18H26N4O2/c1-12(2)10-11-19-17(23)20-14-8-6-13(7-9-14)15-21-16(24-22-15)18(3,4)5/h6-9,12H,10-11H2,1-5H3,(H2,19,20,23). The van der Waals surface area contributed by atoms with Gasteiger partial charge in [0.1, 0.15) is 0 Å². The number of amides is 2. The van der Waals surface area contributed by atoms with E-state index in [-0.39, 0.29) is 11.4 Å². The molecule has 0 atom stereocenters. The summed E-state index contributed by atoms with van der Waals surface area (Å²) in [6, 6.07) is 7.18. The second-order valence-electron chi connectivity index (χ2n) is 7.31. The molecular formula is C18H26N4O2. The quantitative estimate of drug-likeness (QED) is 0.861. The van der Waals surface area contributed by atoms with E-state index in [1.54, 1.807) is 0 Å². The summed E-state index contributed by atoms with van der Waals surface area (Å²) in [7, 11) is 0. The van der Waals surface area contributed by atoms with Crippen molar-refractivity contribution >= 4 is 11.7 Å². The van der Waals surface area contributed by atoms with Gasteiger partial charge in [0.2, 0.25) is 11.7 Å². The Kier molecular flexibility index (Phi) is 5.59. The summed E-state index contributed by atoms with van der Waals surface area (Å²) in [6.07, 6.45) is 0.959. The van der Waals surface area contributed by atoms with Crippen molar-refractivity contribution in [1.82, 2.24) is 15.5 Å². The van der Waals surface area contributed by atoms with Crippen molar-refractivity contribution in [2.24, 2.45) is 5.92 Å². The highest BCUT2D eigenvalue weighted by Gasteiger charge is 2.22. The van der Waals surface area contributed by atoms with Crippen LogP contribution in [-0.2, 0) is 5.41 Å². The minimum absolute atomic E-state index is 0.180. The van der Waals surface area contributed by atoms with Crippen LogP contribution in [0.1, 0.15) is 46.9 Å². The van der Waals surface area contributed by atoms with Crippen LogP contribution in [0.2, 0.25) is 0 Å². The molecule has 2 amide bonds. The fourth-order valence-electron chi connectivity index (χ4n) is 2.00. The molecule has 0 saturated carbocycles. The van der Waals surface area contributed by atoms with Crippen molar-refractivity contribution in [2.45, 2.75) is 46.5 Å². The number of nitrogens with zero attached hydrogens (tertiary/aromatic N) is 2. The van der Waals surface area contributed by atoms with Gasteiger partial charge in [-0.3, -0.25) is 0 Å². The maximum absolute atomic E-state index is 11.8. The Labute approximate surface area is 143 Å². The second-order valence-corrected chi connectivity index (χ2v) is 7.31. The lowest BCUT2D eigenvalue weighted by molar-refractivity contribution is 0.251. The van der Waals surface area contributed by atoms with Crippen LogP contribution >= 0.6 is 0 Å². The fourth-order valence-corrected chi connectivity index (χ4v) is 2.00. The van der Waals surface area contributed by atoms with Gasteiger partial charge in [0.15, 0.2) is 0 Å². The molecule has 0 aliphatic rings. The molecule has 0 aliphatic heterocycles. The topological polar surface area (TPSA) is 80.0 Å². The van der Waals surface area contributed by atoms with Crippen LogP contribution in [0.3, 0.4) is 0 Å². The minimum atomic E-state index is -0.196. The van der Waals surface area contributed by atoms with Crippen LogP contribution in [0.15, 0.2) is 28.8 Å². The first kappa shape index (κ1) is 18.0. The van der Waals surface area contributed by atoms with E-state index in [1.807, 2.05) is 45.0 Å². The van der Waals surface area contributed by atoms with Crippen molar-refractivity contribution in [3.05, 3.63) is 30.2 Å². The molecule has 6 nitrogen and oxygen atoms in total. The highest BCUT2D eigenvalue weighted by Crippen LogP contribution is 2.24. The summed E-state index contributed by atoms with van der Waals surface area (Å²) in [6.45, 7) is 11.0. The van der Waals surface area contributed by atoms with Crippen LogP contribution < -0.4 is 10.6 Å². The third-order valence-electron chi connectivity index (χ3n) is 3.48. The average molecular weight is 330 g/mol. The van der Waals surface area contributed by atoms with Crippen LogP contribution in [0.4, 0.5) is 10.5 Å². The summed E-state index contributed by atoms with van der Waals surface area (Å²) in [5.41, 5.74) is 1.39. The van der Waals surface area contributed by atoms with Crippen molar-refractivity contribution < 1.29 is 9.32 Å². The lowest BCUT2D eigenvalue weighted by Crippen LogP contribution is -2.30. The molecule has 0 radical (unpaired) electrons. The summed E-state index contributed by atoms with van der Waals surface area (Å²) in [5, 5.41) is 9.66. The van der Waals surface area contributed by atoms with Crippen LogP contribution in [0.5, 0.6) is 0 Å². The van der Waals surface area contributed by atoms with Gasteiger partial charge in [-0.25, -0.2) is 4.79 Å². The number of rotatable bonds is 5. The summed E-state index contributed by atoms with van der Waals surface area (Å²) in [4.78, 5) is 16.2. The molecule has 0 saturated heterocycles. The Balaban J connectivity index is 1.95. The smallest absolute Gasteiger partial charge is 0.319 e. The maximum Gasteiger partial charge on any atom is 0.319 e. The molecule has 2 aromatic rings. The molecule has 0 unspecified atom stereocenters. The Hall–Kier alpha value is -2.37. The zero-order chi connectivity index (χ0) is 17.7. The third kappa shape index (κ3) is 5.08. The van der Waals surface area contributed by atoms with E-state index in [0.717, 1.165) is 17.7 Å². The van der Waals surface area contributed by atoms with E-state index in [2.05, 4.69) is 34.6 Å². The zero-order valence-electron chi connectivity index (χ0n) is 15.0. The summed E-state index contributed by atoms with van der Waals surface area (Å²) in [5.74, 6) is 1.72. The molecule has 24 heavy (non-hydrogen) atoms. The summed E-state index contributed by atoms with van der Waals surface area (Å²) >= 11 is 0. The lowest BCUT2D eigenvalue weighted by atomic mass is 9.97. The van der Waals surface area contributed by atoms with Gasteiger partial charge in [0, 0.05) is 23.2 Å². The first-order valence-electron chi connectivity index (χ1n) is 8.25. The number of hydrogen-bond acceptors (Lipinski definition) is 4. The van der Waals surface area contributed by atoms with E-state index in [0.29, 0.717) is 24.2 Å². The van der Waals surface area contributed by atoms with Gasteiger partial charge in [-0.05, 0) is 36.6 Å². The van der Waals surface area contributed by atoms with E-state index < -0.39 is 0 Å². The average Bonchev–Trinajstić information content (AvgIpc) is 2.97. The molecule has 1 aromatic heterocycles. The number of anilines is 1. The van der Waals surface area contributed by atoms with Gasteiger partial charge in [0.25, 0.3) is 0 Å². The number of carbonyl (C=O) groups excluding carboxylic acids is 1.